The maximum atomic E-state index is 6.24. The highest BCUT2D eigenvalue weighted by atomic mass is 35.5. The summed E-state index contributed by atoms with van der Waals surface area (Å²) >= 11 is 6.24. The number of ether oxygens (including phenoxy) is 2. The Hall–Kier alpha value is -1.13. The lowest BCUT2D eigenvalue weighted by Crippen LogP contribution is -2.38. The zero-order valence-corrected chi connectivity index (χ0v) is 11.5. The van der Waals surface area contributed by atoms with Crippen LogP contribution in [0.4, 0.5) is 5.69 Å². The monoisotopic (exact) mass is 270 g/mol. The van der Waals surface area contributed by atoms with E-state index in [9.17, 15) is 0 Å². The van der Waals surface area contributed by atoms with Crippen molar-refractivity contribution >= 4 is 17.3 Å². The van der Waals surface area contributed by atoms with Crippen molar-refractivity contribution in [3.05, 3.63) is 17.2 Å². The van der Waals surface area contributed by atoms with Gasteiger partial charge in [-0.2, -0.15) is 0 Å². The van der Waals surface area contributed by atoms with Gasteiger partial charge in [-0.3, -0.25) is 0 Å². The highest BCUT2D eigenvalue weighted by Crippen LogP contribution is 2.36. The van der Waals surface area contributed by atoms with Gasteiger partial charge in [0, 0.05) is 24.7 Å². The first-order valence-corrected chi connectivity index (χ1v) is 6.51. The Morgan fingerprint density at radius 1 is 1.28 bits per heavy atom. The number of nitrogens with one attached hydrogen (secondary N) is 2. The lowest BCUT2D eigenvalue weighted by atomic mass is 10.1. The number of anilines is 1. The Balaban J connectivity index is 2.16. The van der Waals surface area contributed by atoms with Gasteiger partial charge in [0.25, 0.3) is 0 Å². The largest absolute Gasteiger partial charge is 0.493 e. The lowest BCUT2D eigenvalue weighted by molar-refractivity contribution is 0.355. The molecule has 1 aromatic carbocycles. The number of methoxy groups -OCH3 is 2. The third-order valence-corrected chi connectivity index (χ3v) is 3.44. The number of hydrogen-bond donors (Lipinski definition) is 2. The van der Waals surface area contributed by atoms with Crippen molar-refractivity contribution in [1.29, 1.82) is 0 Å². The van der Waals surface area contributed by atoms with Gasteiger partial charge in [0.1, 0.15) is 0 Å². The second-order valence-electron chi connectivity index (χ2n) is 4.37. The van der Waals surface area contributed by atoms with Crippen molar-refractivity contribution in [3.63, 3.8) is 0 Å². The predicted molar refractivity (Wildman–Crippen MR) is 74.1 cm³/mol. The Bertz CT molecular complexity index is 406. The number of halogens is 1. The fraction of sp³-hybridized carbons (Fsp3) is 0.538. The molecule has 18 heavy (non-hydrogen) atoms. The van der Waals surface area contributed by atoms with E-state index in [1.807, 2.05) is 6.07 Å². The molecule has 1 fully saturated rings. The molecule has 1 aromatic rings. The van der Waals surface area contributed by atoms with E-state index in [2.05, 4.69) is 10.6 Å². The molecule has 4 nitrogen and oxygen atoms in total. The third kappa shape index (κ3) is 3.00. The molecular formula is C13H19ClN2O2. The summed E-state index contributed by atoms with van der Waals surface area (Å²) in [5, 5.41) is 7.46. The van der Waals surface area contributed by atoms with Crippen molar-refractivity contribution in [2.24, 2.45) is 0 Å². The van der Waals surface area contributed by atoms with E-state index in [1.54, 1.807) is 20.3 Å². The number of benzene rings is 1. The van der Waals surface area contributed by atoms with Gasteiger partial charge in [-0.25, -0.2) is 0 Å². The van der Waals surface area contributed by atoms with Gasteiger partial charge >= 0.3 is 0 Å². The molecule has 1 heterocycles. The van der Waals surface area contributed by atoms with Crippen LogP contribution in [0.1, 0.15) is 12.8 Å². The molecule has 0 spiro atoms. The van der Waals surface area contributed by atoms with Crippen molar-refractivity contribution in [2.45, 2.75) is 18.9 Å². The summed E-state index contributed by atoms with van der Waals surface area (Å²) in [6.07, 6.45) is 2.33. The molecule has 2 rings (SSSR count). The van der Waals surface area contributed by atoms with Crippen LogP contribution in [0, 0.1) is 0 Å². The van der Waals surface area contributed by atoms with Crippen LogP contribution in [-0.2, 0) is 0 Å². The van der Waals surface area contributed by atoms with Crippen molar-refractivity contribution in [1.82, 2.24) is 5.32 Å². The number of rotatable bonds is 4. The van der Waals surface area contributed by atoms with Crippen LogP contribution in [0.25, 0.3) is 0 Å². The van der Waals surface area contributed by atoms with Crippen molar-refractivity contribution < 1.29 is 9.47 Å². The molecule has 0 amide bonds. The van der Waals surface area contributed by atoms with Crippen molar-refractivity contribution in [3.8, 4) is 11.5 Å². The van der Waals surface area contributed by atoms with E-state index in [-0.39, 0.29) is 0 Å². The second kappa shape index (κ2) is 6.16. The SMILES string of the molecule is COc1cc(Cl)c(NC2CCCNC2)cc1OC. The highest BCUT2D eigenvalue weighted by Gasteiger charge is 2.16. The van der Waals surface area contributed by atoms with E-state index in [0.717, 1.165) is 25.2 Å². The predicted octanol–water partition coefficient (Wildman–Crippen LogP) is 2.52. The molecular weight excluding hydrogens is 252 g/mol. The van der Waals surface area contributed by atoms with Gasteiger partial charge < -0.3 is 20.1 Å². The lowest BCUT2D eigenvalue weighted by Gasteiger charge is -2.25. The molecule has 1 saturated heterocycles. The summed E-state index contributed by atoms with van der Waals surface area (Å²) in [7, 11) is 3.23. The van der Waals surface area contributed by atoms with Gasteiger partial charge in [-0.1, -0.05) is 11.6 Å². The molecule has 1 unspecified atom stereocenters. The van der Waals surface area contributed by atoms with Crippen LogP contribution in [-0.4, -0.2) is 33.4 Å². The van der Waals surface area contributed by atoms with Gasteiger partial charge in [0.05, 0.1) is 24.9 Å². The minimum atomic E-state index is 0.411. The molecule has 0 aliphatic carbocycles. The minimum absolute atomic E-state index is 0.411. The quantitative estimate of drug-likeness (QED) is 0.882. The van der Waals surface area contributed by atoms with E-state index >= 15 is 0 Å². The average Bonchev–Trinajstić information content (AvgIpc) is 2.41. The van der Waals surface area contributed by atoms with Crippen LogP contribution < -0.4 is 20.1 Å². The summed E-state index contributed by atoms with van der Waals surface area (Å²) in [5.74, 6) is 1.34. The normalized spacial score (nSPS) is 19.4. The first-order valence-electron chi connectivity index (χ1n) is 6.13. The highest BCUT2D eigenvalue weighted by molar-refractivity contribution is 6.33. The summed E-state index contributed by atoms with van der Waals surface area (Å²) in [5.41, 5.74) is 0.892. The summed E-state index contributed by atoms with van der Waals surface area (Å²) < 4.78 is 10.5. The Morgan fingerprint density at radius 2 is 2.00 bits per heavy atom. The van der Waals surface area contributed by atoms with Crippen LogP contribution in [0.3, 0.4) is 0 Å². The fourth-order valence-electron chi connectivity index (χ4n) is 2.16. The molecule has 0 bridgehead atoms. The van der Waals surface area contributed by atoms with Gasteiger partial charge in [0.15, 0.2) is 11.5 Å². The molecule has 2 N–H and O–H groups in total. The van der Waals surface area contributed by atoms with Crippen LogP contribution in [0.5, 0.6) is 11.5 Å². The van der Waals surface area contributed by atoms with Gasteiger partial charge in [0.2, 0.25) is 0 Å². The van der Waals surface area contributed by atoms with E-state index in [4.69, 9.17) is 21.1 Å². The topological polar surface area (TPSA) is 42.5 Å². The molecule has 1 atom stereocenters. The Labute approximate surface area is 113 Å². The molecule has 5 heteroatoms. The molecule has 0 radical (unpaired) electrons. The van der Waals surface area contributed by atoms with Gasteiger partial charge in [-0.05, 0) is 19.4 Å². The first-order chi connectivity index (χ1) is 8.74. The second-order valence-corrected chi connectivity index (χ2v) is 4.78. The summed E-state index contributed by atoms with van der Waals surface area (Å²) in [6, 6.07) is 4.07. The first kappa shape index (κ1) is 13.3. The molecule has 1 aliphatic heterocycles. The van der Waals surface area contributed by atoms with Crippen LogP contribution >= 0.6 is 11.6 Å². The van der Waals surface area contributed by atoms with Gasteiger partial charge in [-0.15, -0.1) is 0 Å². The Morgan fingerprint density at radius 3 is 2.61 bits per heavy atom. The summed E-state index contributed by atoms with van der Waals surface area (Å²) in [6.45, 7) is 2.06. The average molecular weight is 271 g/mol. The minimum Gasteiger partial charge on any atom is -0.493 e. The Kier molecular flexibility index (Phi) is 4.55. The maximum Gasteiger partial charge on any atom is 0.162 e. The zero-order chi connectivity index (χ0) is 13.0. The number of hydrogen-bond acceptors (Lipinski definition) is 4. The smallest absolute Gasteiger partial charge is 0.162 e. The summed E-state index contributed by atoms with van der Waals surface area (Å²) in [4.78, 5) is 0. The molecule has 100 valence electrons. The van der Waals surface area contributed by atoms with Crippen molar-refractivity contribution in [2.75, 3.05) is 32.6 Å². The third-order valence-electron chi connectivity index (χ3n) is 3.13. The zero-order valence-electron chi connectivity index (χ0n) is 10.8. The van der Waals surface area contributed by atoms with Crippen LogP contribution in [0.2, 0.25) is 5.02 Å². The maximum absolute atomic E-state index is 6.24. The van der Waals surface area contributed by atoms with Crippen LogP contribution in [0.15, 0.2) is 12.1 Å². The van der Waals surface area contributed by atoms with E-state index in [0.29, 0.717) is 22.6 Å². The van der Waals surface area contributed by atoms with E-state index in [1.165, 1.54) is 6.42 Å². The van der Waals surface area contributed by atoms with E-state index < -0.39 is 0 Å². The molecule has 0 saturated carbocycles. The standard InChI is InChI=1S/C13H19ClN2O2/c1-17-12-6-10(14)11(7-13(12)18-2)16-9-4-3-5-15-8-9/h6-7,9,15-16H,3-5,8H2,1-2H3. The molecule has 1 aliphatic rings. The number of piperidine rings is 1. The fourth-order valence-corrected chi connectivity index (χ4v) is 2.37. The molecule has 0 aromatic heterocycles.